The van der Waals surface area contributed by atoms with Crippen LogP contribution in [0.4, 0.5) is 13.2 Å². The third-order valence-corrected chi connectivity index (χ3v) is 2.11. The Morgan fingerprint density at radius 3 is 2.25 bits per heavy atom. The molecule has 2 rings (SSSR count). The summed E-state index contributed by atoms with van der Waals surface area (Å²) < 4.78 is 40.1. The summed E-state index contributed by atoms with van der Waals surface area (Å²) in [6, 6.07) is 4.85. The number of rotatable bonds is 1. The highest BCUT2D eigenvalue weighted by Crippen LogP contribution is 2.29. The van der Waals surface area contributed by atoms with Gasteiger partial charge >= 0.3 is 6.18 Å². The van der Waals surface area contributed by atoms with Gasteiger partial charge in [-0.3, -0.25) is 0 Å². The lowest BCUT2D eigenvalue weighted by molar-refractivity contribution is -0.672. The highest BCUT2D eigenvalue weighted by atomic mass is 19.4. The van der Waals surface area contributed by atoms with Crippen LogP contribution in [0.15, 0.2) is 36.9 Å². The maximum Gasteiger partial charge on any atom is 0.416 e. The number of benzene rings is 1. The molecule has 0 atom stereocenters. The first-order valence-corrected chi connectivity index (χ1v) is 4.54. The first-order chi connectivity index (χ1) is 7.47. The Balaban J connectivity index is 2.33. The van der Waals surface area contributed by atoms with Gasteiger partial charge in [-0.1, -0.05) is 4.68 Å². The van der Waals surface area contributed by atoms with Gasteiger partial charge in [-0.2, -0.15) is 13.2 Å². The fraction of sp³-hybridized carbons (Fsp3) is 0.200. The van der Waals surface area contributed by atoms with Gasteiger partial charge in [-0.15, -0.1) is 0 Å². The van der Waals surface area contributed by atoms with Crippen LogP contribution in [-0.2, 0) is 13.2 Å². The second-order valence-electron chi connectivity index (χ2n) is 3.40. The van der Waals surface area contributed by atoms with E-state index in [0.717, 1.165) is 12.1 Å². The number of aromatic nitrogens is 3. The molecule has 0 aliphatic rings. The van der Waals surface area contributed by atoms with Gasteiger partial charge in [0.15, 0.2) is 0 Å². The van der Waals surface area contributed by atoms with Crippen LogP contribution in [0.1, 0.15) is 5.56 Å². The normalized spacial score (nSPS) is 11.8. The van der Waals surface area contributed by atoms with Crippen molar-refractivity contribution in [2.24, 2.45) is 7.05 Å². The number of hydrogen-bond acceptors (Lipinski definition) is 1. The van der Waals surface area contributed by atoms with Crippen molar-refractivity contribution < 1.29 is 17.7 Å². The average Bonchev–Trinajstić information content (AvgIpc) is 2.64. The molecule has 0 aliphatic carbocycles. The smallest absolute Gasteiger partial charge is 0.240 e. The molecule has 16 heavy (non-hydrogen) atoms. The Morgan fingerprint density at radius 1 is 1.19 bits per heavy atom. The molecule has 6 heteroatoms. The Morgan fingerprint density at radius 2 is 1.81 bits per heavy atom. The minimum Gasteiger partial charge on any atom is -0.240 e. The molecular formula is C10H9F3N3+. The first-order valence-electron chi connectivity index (χ1n) is 4.54. The summed E-state index contributed by atoms with van der Waals surface area (Å²) in [6.45, 7) is 0. The van der Waals surface area contributed by atoms with Crippen molar-refractivity contribution in [1.82, 2.24) is 9.78 Å². The second kappa shape index (κ2) is 3.62. The molecule has 0 aliphatic heterocycles. The van der Waals surface area contributed by atoms with E-state index in [9.17, 15) is 13.2 Å². The van der Waals surface area contributed by atoms with Gasteiger partial charge in [-0.25, -0.2) is 4.57 Å². The topological polar surface area (TPSA) is 21.7 Å². The summed E-state index contributed by atoms with van der Waals surface area (Å²) in [5, 5.41) is 3.98. The lowest BCUT2D eigenvalue weighted by atomic mass is 10.2. The highest BCUT2D eigenvalue weighted by Gasteiger charge is 2.30. The first kappa shape index (κ1) is 10.7. The van der Waals surface area contributed by atoms with E-state index in [0.29, 0.717) is 5.69 Å². The van der Waals surface area contributed by atoms with Crippen molar-refractivity contribution >= 4 is 0 Å². The van der Waals surface area contributed by atoms with Crippen molar-refractivity contribution in [3.05, 3.63) is 42.5 Å². The third-order valence-electron chi connectivity index (χ3n) is 2.11. The van der Waals surface area contributed by atoms with Crippen LogP contribution in [-0.4, -0.2) is 9.78 Å². The highest BCUT2D eigenvalue weighted by molar-refractivity contribution is 5.34. The summed E-state index contributed by atoms with van der Waals surface area (Å²) >= 11 is 0. The molecule has 0 saturated heterocycles. The largest absolute Gasteiger partial charge is 0.416 e. The summed E-state index contributed by atoms with van der Waals surface area (Å²) in [5.74, 6) is 0. The molecule has 0 fully saturated rings. The fourth-order valence-corrected chi connectivity index (χ4v) is 1.31. The Labute approximate surface area is 89.8 Å². The van der Waals surface area contributed by atoms with Crippen LogP contribution in [0, 0.1) is 0 Å². The number of aryl methyl sites for hydroxylation is 1. The Kier molecular flexibility index (Phi) is 2.41. The SMILES string of the molecule is C[n+]1cnn(-c2ccc(C(F)(F)F)cc2)c1. The van der Waals surface area contributed by atoms with E-state index in [1.165, 1.54) is 16.8 Å². The van der Waals surface area contributed by atoms with E-state index in [2.05, 4.69) is 5.10 Å². The van der Waals surface area contributed by atoms with Crippen molar-refractivity contribution in [3.63, 3.8) is 0 Å². The lowest BCUT2D eigenvalue weighted by Gasteiger charge is -2.05. The predicted molar refractivity (Wildman–Crippen MR) is 49.7 cm³/mol. The van der Waals surface area contributed by atoms with E-state index in [4.69, 9.17) is 0 Å². The van der Waals surface area contributed by atoms with Gasteiger partial charge in [0, 0.05) is 5.10 Å². The quantitative estimate of drug-likeness (QED) is 0.681. The number of hydrogen-bond donors (Lipinski definition) is 0. The van der Waals surface area contributed by atoms with Gasteiger partial charge in [0.1, 0.15) is 5.69 Å². The van der Waals surface area contributed by atoms with E-state index >= 15 is 0 Å². The van der Waals surface area contributed by atoms with Crippen LogP contribution in [0.25, 0.3) is 5.69 Å². The maximum atomic E-state index is 12.3. The lowest BCUT2D eigenvalue weighted by Crippen LogP contribution is -2.23. The average molecular weight is 228 g/mol. The Hall–Kier alpha value is -1.85. The molecule has 0 unspecified atom stereocenters. The third kappa shape index (κ3) is 2.05. The predicted octanol–water partition coefficient (Wildman–Crippen LogP) is 1.72. The summed E-state index contributed by atoms with van der Waals surface area (Å²) in [4.78, 5) is 0. The minimum absolute atomic E-state index is 0.591. The molecule has 0 amide bonds. The van der Waals surface area contributed by atoms with Crippen molar-refractivity contribution in [2.75, 3.05) is 0 Å². The second-order valence-corrected chi connectivity index (χ2v) is 3.40. The van der Waals surface area contributed by atoms with Gasteiger partial charge in [0.05, 0.1) is 12.6 Å². The van der Waals surface area contributed by atoms with E-state index in [1.54, 1.807) is 24.3 Å². The molecule has 3 nitrogen and oxygen atoms in total. The Bertz CT molecular complexity index is 485. The van der Waals surface area contributed by atoms with Crippen LogP contribution in [0.3, 0.4) is 0 Å². The molecule has 0 N–H and O–H groups in total. The van der Waals surface area contributed by atoms with Crippen molar-refractivity contribution in [3.8, 4) is 5.69 Å². The van der Waals surface area contributed by atoms with Crippen LogP contribution >= 0.6 is 0 Å². The van der Waals surface area contributed by atoms with E-state index in [-0.39, 0.29) is 0 Å². The number of alkyl halides is 3. The van der Waals surface area contributed by atoms with Gasteiger partial charge < -0.3 is 0 Å². The molecule has 84 valence electrons. The molecule has 1 aromatic heterocycles. The van der Waals surface area contributed by atoms with E-state index < -0.39 is 11.7 Å². The summed E-state index contributed by atoms with van der Waals surface area (Å²) in [5.41, 5.74) is -0.0682. The van der Waals surface area contributed by atoms with Crippen LogP contribution < -0.4 is 4.57 Å². The monoisotopic (exact) mass is 228 g/mol. The molecule has 1 aromatic carbocycles. The van der Waals surface area contributed by atoms with Gasteiger partial charge in [0.25, 0.3) is 6.33 Å². The van der Waals surface area contributed by atoms with Crippen LogP contribution in [0.2, 0.25) is 0 Å². The zero-order valence-corrected chi connectivity index (χ0v) is 8.44. The van der Waals surface area contributed by atoms with Gasteiger partial charge in [-0.05, 0) is 24.3 Å². The van der Waals surface area contributed by atoms with Crippen molar-refractivity contribution in [1.29, 1.82) is 0 Å². The zero-order valence-electron chi connectivity index (χ0n) is 8.44. The molecule has 0 saturated carbocycles. The number of nitrogens with zero attached hydrogens (tertiary/aromatic N) is 3. The molecule has 0 bridgehead atoms. The van der Waals surface area contributed by atoms with Crippen molar-refractivity contribution in [2.45, 2.75) is 6.18 Å². The molecule has 0 spiro atoms. The summed E-state index contributed by atoms with van der Waals surface area (Å²) in [6.07, 6.45) is -1.06. The molecule has 1 heterocycles. The van der Waals surface area contributed by atoms with Gasteiger partial charge in [0.2, 0.25) is 6.33 Å². The summed E-state index contributed by atoms with van der Waals surface area (Å²) in [7, 11) is 1.79. The number of halogens is 3. The molecule has 0 radical (unpaired) electrons. The van der Waals surface area contributed by atoms with Crippen LogP contribution in [0.5, 0.6) is 0 Å². The fourth-order valence-electron chi connectivity index (χ4n) is 1.31. The minimum atomic E-state index is -4.30. The van der Waals surface area contributed by atoms with E-state index in [1.807, 2.05) is 0 Å². The molecule has 2 aromatic rings. The maximum absolute atomic E-state index is 12.3. The zero-order chi connectivity index (χ0) is 11.8. The standard InChI is InChI=1S/C10H9F3N3/c1-15-6-14-16(7-15)9-4-2-8(3-5-9)10(11,12)13/h2-7H,1H3/q+1. The molecular weight excluding hydrogens is 219 g/mol.